The number of nitro groups is 1. The van der Waals surface area contributed by atoms with Gasteiger partial charge in [-0.2, -0.15) is 0 Å². The number of anilines is 1. The summed E-state index contributed by atoms with van der Waals surface area (Å²) in [5, 5.41) is 15.5. The van der Waals surface area contributed by atoms with Crippen molar-refractivity contribution in [1.29, 1.82) is 0 Å². The van der Waals surface area contributed by atoms with Crippen LogP contribution < -0.4 is 16.6 Å². The summed E-state index contributed by atoms with van der Waals surface area (Å²) in [7, 11) is 3.12. The molecule has 2 aromatic heterocycles. The standard InChI is InChI=1S/C28H23N5O4/c1-16-11-13-17(14-12-16)24-22-25(30(2)28(35)31(3)27(22)34)26-23(18-7-6-8-19(15-18)33(36)37)29-20-9-4-5-10-21(20)32(24)26/h4-15,23,29H,1-3H3/t23-/m0/s1. The Bertz CT molecular complexity index is 1860. The maximum atomic E-state index is 13.7. The van der Waals surface area contributed by atoms with Gasteiger partial charge in [-0.3, -0.25) is 24.0 Å². The molecule has 9 heteroatoms. The number of hydrogen-bond acceptors (Lipinski definition) is 5. The minimum atomic E-state index is -0.561. The first-order valence-corrected chi connectivity index (χ1v) is 11.8. The molecule has 0 spiro atoms. The number of nitrogens with zero attached hydrogens (tertiary/aromatic N) is 4. The zero-order valence-electron chi connectivity index (χ0n) is 20.4. The maximum absolute atomic E-state index is 13.7. The van der Waals surface area contributed by atoms with Gasteiger partial charge in [0.1, 0.15) is 0 Å². The van der Waals surface area contributed by atoms with Crippen LogP contribution >= 0.6 is 0 Å². The fourth-order valence-corrected chi connectivity index (χ4v) is 5.27. The van der Waals surface area contributed by atoms with Crippen LogP contribution in [0.1, 0.15) is 22.9 Å². The van der Waals surface area contributed by atoms with E-state index in [-0.39, 0.29) is 5.69 Å². The first kappa shape index (κ1) is 22.5. The second kappa shape index (κ2) is 8.06. The number of nitro benzene ring substituents is 1. The van der Waals surface area contributed by atoms with E-state index in [9.17, 15) is 19.7 Å². The van der Waals surface area contributed by atoms with Gasteiger partial charge in [0, 0.05) is 26.2 Å². The highest BCUT2D eigenvalue weighted by Gasteiger charge is 2.35. The molecule has 37 heavy (non-hydrogen) atoms. The minimum Gasteiger partial charge on any atom is -0.371 e. The molecule has 0 amide bonds. The van der Waals surface area contributed by atoms with Crippen molar-refractivity contribution in [3.63, 3.8) is 0 Å². The molecule has 1 aliphatic rings. The lowest BCUT2D eigenvalue weighted by molar-refractivity contribution is -0.384. The zero-order valence-corrected chi connectivity index (χ0v) is 20.4. The Morgan fingerprint density at radius 3 is 2.38 bits per heavy atom. The normalized spacial score (nSPS) is 14.2. The monoisotopic (exact) mass is 493 g/mol. The van der Waals surface area contributed by atoms with Gasteiger partial charge in [0.2, 0.25) is 0 Å². The zero-order chi connectivity index (χ0) is 26.0. The van der Waals surface area contributed by atoms with Gasteiger partial charge < -0.3 is 9.88 Å². The molecule has 184 valence electrons. The van der Waals surface area contributed by atoms with E-state index in [2.05, 4.69) is 5.32 Å². The number of hydrogen-bond donors (Lipinski definition) is 1. The van der Waals surface area contributed by atoms with Gasteiger partial charge in [-0.05, 0) is 30.2 Å². The Morgan fingerprint density at radius 2 is 1.65 bits per heavy atom. The largest absolute Gasteiger partial charge is 0.371 e. The smallest absolute Gasteiger partial charge is 0.331 e. The molecular formula is C28H23N5O4. The fraction of sp³-hybridized carbons (Fsp3) is 0.143. The summed E-state index contributed by atoms with van der Waals surface area (Å²) < 4.78 is 4.62. The highest BCUT2D eigenvalue weighted by Crippen LogP contribution is 2.45. The molecule has 0 bridgehead atoms. The van der Waals surface area contributed by atoms with Crippen LogP contribution in [0.15, 0.2) is 82.4 Å². The lowest BCUT2D eigenvalue weighted by atomic mass is 9.99. The lowest BCUT2D eigenvalue weighted by Crippen LogP contribution is -2.37. The van der Waals surface area contributed by atoms with Crippen molar-refractivity contribution in [3.8, 4) is 16.9 Å². The van der Waals surface area contributed by atoms with E-state index >= 15 is 0 Å². The molecule has 0 fully saturated rings. The van der Waals surface area contributed by atoms with Crippen LogP contribution in [0.25, 0.3) is 27.8 Å². The SMILES string of the molecule is Cc1ccc(-c2c3c(=O)n(C)c(=O)n(C)c3c3n2-c2ccccc2N[C@H]3c2cccc([N+](=O)[O-])c2)cc1. The summed E-state index contributed by atoms with van der Waals surface area (Å²) in [6.45, 7) is 2.00. The van der Waals surface area contributed by atoms with Crippen LogP contribution in [0.2, 0.25) is 0 Å². The van der Waals surface area contributed by atoms with Crippen molar-refractivity contribution in [2.24, 2.45) is 14.1 Å². The second-order valence-electron chi connectivity index (χ2n) is 9.31. The van der Waals surface area contributed by atoms with Crippen LogP contribution in [-0.2, 0) is 14.1 Å². The third-order valence-electron chi connectivity index (χ3n) is 7.07. The molecule has 5 aromatic rings. The number of aromatic nitrogens is 3. The molecule has 0 aliphatic carbocycles. The summed E-state index contributed by atoms with van der Waals surface area (Å²) >= 11 is 0. The van der Waals surface area contributed by atoms with Crippen molar-refractivity contribution in [2.75, 3.05) is 5.32 Å². The molecule has 0 saturated heterocycles. The first-order chi connectivity index (χ1) is 17.8. The summed E-state index contributed by atoms with van der Waals surface area (Å²) in [6, 6.07) is 21.5. The van der Waals surface area contributed by atoms with E-state index in [0.717, 1.165) is 27.1 Å². The molecule has 1 atom stereocenters. The highest BCUT2D eigenvalue weighted by atomic mass is 16.6. The molecule has 0 radical (unpaired) electrons. The van der Waals surface area contributed by atoms with Crippen LogP contribution in [0.3, 0.4) is 0 Å². The minimum absolute atomic E-state index is 0.0378. The molecule has 3 heterocycles. The highest BCUT2D eigenvalue weighted by molar-refractivity contribution is 5.99. The molecule has 9 nitrogen and oxygen atoms in total. The van der Waals surface area contributed by atoms with Crippen molar-refractivity contribution in [2.45, 2.75) is 13.0 Å². The van der Waals surface area contributed by atoms with Crippen molar-refractivity contribution in [3.05, 3.63) is 121 Å². The number of non-ortho nitro benzene ring substituents is 1. The number of para-hydroxylation sites is 2. The average molecular weight is 494 g/mol. The Kier molecular flexibility index (Phi) is 4.91. The van der Waals surface area contributed by atoms with Crippen molar-refractivity contribution >= 4 is 22.3 Å². The van der Waals surface area contributed by atoms with Gasteiger partial charge in [-0.15, -0.1) is 0 Å². The van der Waals surface area contributed by atoms with Gasteiger partial charge in [-0.1, -0.05) is 54.1 Å². The number of nitrogens with one attached hydrogen (secondary N) is 1. The third-order valence-corrected chi connectivity index (χ3v) is 7.07. The number of benzene rings is 3. The van der Waals surface area contributed by atoms with E-state index in [1.807, 2.05) is 66.1 Å². The number of fused-ring (bicyclic) bond motifs is 5. The Labute approximate surface area is 211 Å². The summed E-state index contributed by atoms with van der Waals surface area (Å²) in [5.41, 5.74) is 5.13. The summed E-state index contributed by atoms with van der Waals surface area (Å²) in [4.78, 5) is 38.0. The van der Waals surface area contributed by atoms with Gasteiger partial charge in [-0.25, -0.2) is 4.79 Å². The molecule has 0 saturated carbocycles. The van der Waals surface area contributed by atoms with Crippen LogP contribution in [0, 0.1) is 17.0 Å². The molecule has 1 N–H and O–H groups in total. The van der Waals surface area contributed by atoms with Gasteiger partial charge in [0.05, 0.1) is 44.6 Å². The Hall–Kier alpha value is -4.92. The quantitative estimate of drug-likeness (QED) is 0.296. The maximum Gasteiger partial charge on any atom is 0.331 e. The third kappa shape index (κ3) is 3.24. The average Bonchev–Trinajstić information content (AvgIpc) is 3.27. The molecular weight excluding hydrogens is 470 g/mol. The number of aryl methyl sites for hydroxylation is 2. The van der Waals surface area contributed by atoms with Crippen LogP contribution in [0.4, 0.5) is 11.4 Å². The molecule has 1 aliphatic heterocycles. The summed E-state index contributed by atoms with van der Waals surface area (Å²) in [6.07, 6.45) is 0. The van der Waals surface area contributed by atoms with E-state index in [1.54, 1.807) is 13.1 Å². The van der Waals surface area contributed by atoms with E-state index < -0.39 is 22.2 Å². The predicted molar refractivity (Wildman–Crippen MR) is 142 cm³/mol. The molecule has 6 rings (SSSR count). The van der Waals surface area contributed by atoms with E-state index in [1.165, 1.54) is 23.7 Å². The lowest BCUT2D eigenvalue weighted by Gasteiger charge is -2.31. The second-order valence-corrected chi connectivity index (χ2v) is 9.31. The van der Waals surface area contributed by atoms with Crippen molar-refractivity contribution in [1.82, 2.24) is 13.7 Å². The van der Waals surface area contributed by atoms with E-state index in [4.69, 9.17) is 0 Å². The molecule has 3 aromatic carbocycles. The van der Waals surface area contributed by atoms with Crippen LogP contribution in [0.5, 0.6) is 0 Å². The predicted octanol–water partition coefficient (Wildman–Crippen LogP) is 4.43. The van der Waals surface area contributed by atoms with Gasteiger partial charge in [0.25, 0.3) is 11.2 Å². The molecule has 0 unspecified atom stereocenters. The van der Waals surface area contributed by atoms with Crippen LogP contribution in [-0.4, -0.2) is 18.6 Å². The first-order valence-electron chi connectivity index (χ1n) is 11.8. The van der Waals surface area contributed by atoms with Gasteiger partial charge >= 0.3 is 5.69 Å². The Balaban J connectivity index is 1.83. The number of rotatable bonds is 3. The van der Waals surface area contributed by atoms with Crippen molar-refractivity contribution < 1.29 is 4.92 Å². The summed E-state index contributed by atoms with van der Waals surface area (Å²) in [5.74, 6) is 0. The van der Waals surface area contributed by atoms with Gasteiger partial charge in [0.15, 0.2) is 0 Å². The Morgan fingerprint density at radius 1 is 0.919 bits per heavy atom. The fourth-order valence-electron chi connectivity index (χ4n) is 5.27. The topological polar surface area (TPSA) is 104 Å². The van der Waals surface area contributed by atoms with E-state index in [0.29, 0.717) is 27.9 Å².